The third kappa shape index (κ3) is 3.74. The number of methoxy groups -OCH3 is 1. The van der Waals surface area contributed by atoms with Crippen molar-refractivity contribution in [2.45, 2.75) is 44.4 Å². The molecule has 2 atom stereocenters. The number of β-amino-alcohol motifs (C(OH)–C–C–N with tert-alkyl or cyclic N) is 1. The molecule has 2 heterocycles. The quantitative estimate of drug-likeness (QED) is 0.809. The van der Waals surface area contributed by atoms with Crippen LogP contribution in [0, 0.1) is 5.41 Å². The van der Waals surface area contributed by atoms with E-state index in [1.54, 1.807) is 18.4 Å². The Bertz CT molecular complexity index is 519. The normalized spacial score (nSPS) is 27.4. The summed E-state index contributed by atoms with van der Waals surface area (Å²) in [5.74, 6) is 0.0441. The molecule has 1 aliphatic carbocycles. The molecule has 7 heteroatoms. The van der Waals surface area contributed by atoms with Gasteiger partial charge in [0.1, 0.15) is 0 Å². The predicted octanol–water partition coefficient (Wildman–Crippen LogP) is 1.01. The minimum atomic E-state index is -0.536. The first kappa shape index (κ1) is 16.8. The van der Waals surface area contributed by atoms with E-state index in [4.69, 9.17) is 4.74 Å². The van der Waals surface area contributed by atoms with Gasteiger partial charge in [-0.15, -0.1) is 11.3 Å². The Labute approximate surface area is 140 Å². The second-order valence-corrected chi connectivity index (χ2v) is 7.44. The van der Waals surface area contributed by atoms with E-state index < -0.39 is 6.10 Å². The van der Waals surface area contributed by atoms with Gasteiger partial charge in [-0.2, -0.15) is 0 Å². The van der Waals surface area contributed by atoms with E-state index in [1.807, 2.05) is 10.9 Å². The van der Waals surface area contributed by atoms with E-state index in [0.717, 1.165) is 44.5 Å². The van der Waals surface area contributed by atoms with Crippen LogP contribution in [0.1, 0.15) is 31.4 Å². The first-order chi connectivity index (χ1) is 11.1. The van der Waals surface area contributed by atoms with Crippen LogP contribution in [-0.2, 0) is 16.1 Å². The Hall–Kier alpha value is -1.02. The molecule has 0 spiro atoms. The number of nitrogens with one attached hydrogen (secondary N) is 1. The smallest absolute Gasteiger partial charge is 0.228 e. The van der Waals surface area contributed by atoms with Gasteiger partial charge in [-0.3, -0.25) is 9.69 Å². The van der Waals surface area contributed by atoms with Crippen molar-refractivity contribution in [3.8, 4) is 0 Å². The van der Waals surface area contributed by atoms with E-state index in [9.17, 15) is 9.90 Å². The number of aromatic nitrogens is 1. The van der Waals surface area contributed by atoms with Crippen molar-refractivity contribution in [2.24, 2.45) is 5.41 Å². The van der Waals surface area contributed by atoms with Crippen molar-refractivity contribution < 1.29 is 14.6 Å². The molecule has 0 unspecified atom stereocenters. The van der Waals surface area contributed by atoms with Crippen LogP contribution in [0.25, 0.3) is 0 Å². The fourth-order valence-corrected chi connectivity index (χ4v) is 4.04. The van der Waals surface area contributed by atoms with Crippen LogP contribution in [0.4, 0.5) is 0 Å². The van der Waals surface area contributed by atoms with Crippen molar-refractivity contribution >= 4 is 17.2 Å². The third-order valence-corrected chi connectivity index (χ3v) is 5.70. The maximum atomic E-state index is 12.6. The van der Waals surface area contributed by atoms with E-state index in [2.05, 4.69) is 15.2 Å². The molecule has 0 radical (unpaired) electrons. The minimum Gasteiger partial charge on any atom is -0.390 e. The minimum absolute atomic E-state index is 0.0441. The molecule has 6 nitrogen and oxygen atoms in total. The van der Waals surface area contributed by atoms with Crippen molar-refractivity contribution in [1.82, 2.24) is 15.2 Å². The van der Waals surface area contributed by atoms with Gasteiger partial charge in [-0.1, -0.05) is 6.42 Å². The number of rotatable bonds is 6. The summed E-state index contributed by atoms with van der Waals surface area (Å²) in [4.78, 5) is 19.0. The molecule has 2 aliphatic rings. The average Bonchev–Trinajstić information content (AvgIpc) is 2.98. The standard InChI is InChI=1S/C16H25N3O3S/c1-22-10-16(4-2-5-16)15(21)18-13-3-6-19(8-14(13)20)7-12-9-23-11-17-12/h9,11,13-14,20H,2-8,10H2,1H3,(H,18,21)/t13-,14-/m1/s1. The average molecular weight is 339 g/mol. The lowest BCUT2D eigenvalue weighted by atomic mass is 9.68. The molecule has 1 aromatic rings. The Morgan fingerprint density at radius 3 is 3.00 bits per heavy atom. The highest BCUT2D eigenvalue weighted by atomic mass is 32.1. The van der Waals surface area contributed by atoms with Crippen LogP contribution in [0.3, 0.4) is 0 Å². The highest BCUT2D eigenvalue weighted by Gasteiger charge is 2.45. The summed E-state index contributed by atoms with van der Waals surface area (Å²) in [6, 6.07) is -0.163. The van der Waals surface area contributed by atoms with E-state index in [0.29, 0.717) is 13.2 Å². The number of hydrogen-bond donors (Lipinski definition) is 2. The molecule has 0 aromatic carbocycles. The van der Waals surface area contributed by atoms with Crippen molar-refractivity contribution in [1.29, 1.82) is 0 Å². The molecule has 1 saturated heterocycles. The topological polar surface area (TPSA) is 74.7 Å². The lowest BCUT2D eigenvalue weighted by molar-refractivity contribution is -0.142. The SMILES string of the molecule is COCC1(C(=O)N[C@@H]2CCN(Cc3cscn3)C[C@H]2O)CCC1. The van der Waals surface area contributed by atoms with Crippen molar-refractivity contribution in [3.63, 3.8) is 0 Å². The highest BCUT2D eigenvalue weighted by molar-refractivity contribution is 7.07. The molecular weight excluding hydrogens is 314 g/mol. The third-order valence-electron chi connectivity index (χ3n) is 5.06. The number of likely N-dealkylation sites (tertiary alicyclic amines) is 1. The van der Waals surface area contributed by atoms with Gasteiger partial charge in [0.05, 0.1) is 35.4 Å². The summed E-state index contributed by atoms with van der Waals surface area (Å²) in [5.41, 5.74) is 2.50. The summed E-state index contributed by atoms with van der Waals surface area (Å²) in [5, 5.41) is 15.5. The predicted molar refractivity (Wildman–Crippen MR) is 88.1 cm³/mol. The molecule has 1 aromatic heterocycles. The lowest BCUT2D eigenvalue weighted by Crippen LogP contribution is -2.58. The molecule has 1 saturated carbocycles. The Morgan fingerprint density at radius 1 is 1.61 bits per heavy atom. The summed E-state index contributed by atoms with van der Waals surface area (Å²) in [6.07, 6.45) is 3.06. The number of carbonyl (C=O) groups excluding carboxylic acids is 1. The monoisotopic (exact) mass is 339 g/mol. The van der Waals surface area contributed by atoms with Gasteiger partial charge in [0.2, 0.25) is 5.91 Å². The molecule has 23 heavy (non-hydrogen) atoms. The zero-order valence-electron chi connectivity index (χ0n) is 13.5. The summed E-state index contributed by atoms with van der Waals surface area (Å²) in [6.45, 7) is 2.66. The molecule has 0 bridgehead atoms. The largest absolute Gasteiger partial charge is 0.390 e. The molecule has 2 fully saturated rings. The molecule has 1 aliphatic heterocycles. The Kier molecular flexibility index (Phi) is 5.31. The van der Waals surface area contributed by atoms with Gasteiger partial charge in [-0.05, 0) is 19.3 Å². The van der Waals surface area contributed by atoms with Crippen LogP contribution < -0.4 is 5.32 Å². The van der Waals surface area contributed by atoms with E-state index >= 15 is 0 Å². The molecule has 2 N–H and O–H groups in total. The van der Waals surface area contributed by atoms with Crippen LogP contribution >= 0.6 is 11.3 Å². The van der Waals surface area contributed by atoms with Gasteiger partial charge in [0.25, 0.3) is 0 Å². The van der Waals surface area contributed by atoms with E-state index in [-0.39, 0.29) is 17.4 Å². The number of nitrogens with zero attached hydrogens (tertiary/aromatic N) is 2. The summed E-state index contributed by atoms with van der Waals surface area (Å²) in [7, 11) is 1.64. The fraction of sp³-hybridized carbons (Fsp3) is 0.750. The number of ether oxygens (including phenoxy) is 1. The maximum Gasteiger partial charge on any atom is 0.228 e. The number of thiazole rings is 1. The Balaban J connectivity index is 1.51. The first-order valence-electron chi connectivity index (χ1n) is 8.20. The molecule has 3 rings (SSSR count). The van der Waals surface area contributed by atoms with Gasteiger partial charge in [0, 0.05) is 32.1 Å². The second kappa shape index (κ2) is 7.25. The first-order valence-corrected chi connectivity index (χ1v) is 9.15. The molecular formula is C16H25N3O3S. The Morgan fingerprint density at radius 2 is 2.43 bits per heavy atom. The van der Waals surface area contributed by atoms with Crippen molar-refractivity contribution in [2.75, 3.05) is 26.8 Å². The molecule has 1 amide bonds. The number of carbonyl (C=O) groups is 1. The zero-order valence-corrected chi connectivity index (χ0v) is 14.3. The summed E-state index contributed by atoms with van der Waals surface area (Å²) < 4.78 is 5.22. The van der Waals surface area contributed by atoms with Crippen LogP contribution in [0.15, 0.2) is 10.9 Å². The van der Waals surface area contributed by atoms with Gasteiger partial charge in [0.15, 0.2) is 0 Å². The number of amides is 1. The van der Waals surface area contributed by atoms with Crippen molar-refractivity contribution in [3.05, 3.63) is 16.6 Å². The number of hydrogen-bond acceptors (Lipinski definition) is 6. The van der Waals surface area contributed by atoms with Crippen LogP contribution in [-0.4, -0.2) is 59.8 Å². The summed E-state index contributed by atoms with van der Waals surface area (Å²) >= 11 is 1.59. The van der Waals surface area contributed by atoms with Crippen LogP contribution in [0.5, 0.6) is 0 Å². The number of aliphatic hydroxyl groups excluding tert-OH is 1. The highest BCUT2D eigenvalue weighted by Crippen LogP contribution is 2.41. The maximum absolute atomic E-state index is 12.6. The fourth-order valence-electron chi connectivity index (χ4n) is 3.49. The lowest BCUT2D eigenvalue weighted by Gasteiger charge is -2.42. The van der Waals surface area contributed by atoms with E-state index in [1.165, 1.54) is 0 Å². The number of piperidine rings is 1. The number of aliphatic hydroxyl groups is 1. The second-order valence-electron chi connectivity index (χ2n) is 6.72. The van der Waals surface area contributed by atoms with Gasteiger partial charge < -0.3 is 15.2 Å². The van der Waals surface area contributed by atoms with Gasteiger partial charge in [-0.25, -0.2) is 4.98 Å². The molecule has 128 valence electrons. The van der Waals surface area contributed by atoms with Crippen LogP contribution in [0.2, 0.25) is 0 Å². The van der Waals surface area contributed by atoms with Gasteiger partial charge >= 0.3 is 0 Å². The zero-order chi connectivity index (χ0) is 16.3.